The Hall–Kier alpha value is -1.36. The summed E-state index contributed by atoms with van der Waals surface area (Å²) in [6.45, 7) is 3.20. The van der Waals surface area contributed by atoms with E-state index in [4.69, 9.17) is 5.11 Å². The van der Waals surface area contributed by atoms with Crippen LogP contribution in [-0.2, 0) is 9.84 Å². The van der Waals surface area contributed by atoms with Crippen LogP contribution in [0.15, 0.2) is 23.1 Å². The topological polar surface area (TPSA) is 71.4 Å². The van der Waals surface area contributed by atoms with Crippen molar-refractivity contribution in [1.29, 1.82) is 0 Å². The minimum atomic E-state index is -3.47. The molecule has 0 spiro atoms. The van der Waals surface area contributed by atoms with Crippen LogP contribution in [0.2, 0.25) is 0 Å². The first-order valence-corrected chi connectivity index (χ1v) is 6.10. The molecular formula is C10H12O4S. The van der Waals surface area contributed by atoms with Gasteiger partial charge in [-0.1, -0.05) is 18.6 Å². The van der Waals surface area contributed by atoms with Crippen LogP contribution >= 0.6 is 0 Å². The van der Waals surface area contributed by atoms with E-state index in [1.165, 1.54) is 19.1 Å². The first-order valence-electron chi connectivity index (χ1n) is 4.45. The molecule has 0 aliphatic rings. The van der Waals surface area contributed by atoms with Gasteiger partial charge in [0.05, 0.1) is 16.2 Å². The second-order valence-electron chi connectivity index (χ2n) is 3.21. The van der Waals surface area contributed by atoms with Crippen molar-refractivity contribution in [3.05, 3.63) is 29.3 Å². The summed E-state index contributed by atoms with van der Waals surface area (Å²) in [7, 11) is -3.47. The SMILES string of the molecule is CCS(=O)(=O)c1ccc(C)cc1C(=O)O. The zero-order valence-electron chi connectivity index (χ0n) is 8.52. The second-order valence-corrected chi connectivity index (χ2v) is 5.45. The number of aromatic carboxylic acids is 1. The third-order valence-electron chi connectivity index (χ3n) is 2.08. The maximum absolute atomic E-state index is 11.6. The lowest BCUT2D eigenvalue weighted by atomic mass is 10.1. The van der Waals surface area contributed by atoms with Gasteiger partial charge in [-0.2, -0.15) is 0 Å². The van der Waals surface area contributed by atoms with Gasteiger partial charge < -0.3 is 5.11 Å². The third kappa shape index (κ3) is 2.36. The fourth-order valence-corrected chi connectivity index (χ4v) is 2.31. The molecule has 15 heavy (non-hydrogen) atoms. The summed E-state index contributed by atoms with van der Waals surface area (Å²) in [5.41, 5.74) is 0.569. The zero-order chi connectivity index (χ0) is 11.6. The summed E-state index contributed by atoms with van der Waals surface area (Å²) in [6, 6.07) is 4.30. The molecule has 0 radical (unpaired) electrons. The molecule has 0 aliphatic carbocycles. The van der Waals surface area contributed by atoms with Crippen LogP contribution in [0.5, 0.6) is 0 Å². The Morgan fingerprint density at radius 2 is 2.00 bits per heavy atom. The van der Waals surface area contributed by atoms with Crippen molar-refractivity contribution in [2.24, 2.45) is 0 Å². The smallest absolute Gasteiger partial charge is 0.337 e. The standard InChI is InChI=1S/C10H12O4S/c1-3-15(13,14)9-5-4-7(2)6-8(9)10(11)12/h4-6H,3H2,1-2H3,(H,11,12). The van der Waals surface area contributed by atoms with E-state index in [1.54, 1.807) is 13.0 Å². The molecule has 1 N–H and O–H groups in total. The molecule has 1 aromatic rings. The van der Waals surface area contributed by atoms with Crippen LogP contribution in [0.1, 0.15) is 22.8 Å². The van der Waals surface area contributed by atoms with Gasteiger partial charge in [0.25, 0.3) is 0 Å². The number of carbonyl (C=O) groups is 1. The molecule has 0 amide bonds. The van der Waals surface area contributed by atoms with E-state index >= 15 is 0 Å². The number of aryl methyl sites for hydroxylation is 1. The molecule has 1 rings (SSSR count). The molecule has 0 saturated heterocycles. The van der Waals surface area contributed by atoms with Gasteiger partial charge >= 0.3 is 5.97 Å². The average Bonchev–Trinajstić information content (AvgIpc) is 2.17. The van der Waals surface area contributed by atoms with Gasteiger partial charge in [0.2, 0.25) is 0 Å². The highest BCUT2D eigenvalue weighted by atomic mass is 32.2. The quantitative estimate of drug-likeness (QED) is 0.850. The van der Waals surface area contributed by atoms with Crippen molar-refractivity contribution in [3.63, 3.8) is 0 Å². The van der Waals surface area contributed by atoms with Crippen LogP contribution in [0.4, 0.5) is 0 Å². The Kier molecular flexibility index (Phi) is 3.14. The maximum atomic E-state index is 11.6. The molecule has 0 heterocycles. The lowest BCUT2D eigenvalue weighted by Crippen LogP contribution is -2.11. The number of rotatable bonds is 3. The Labute approximate surface area is 88.5 Å². The van der Waals surface area contributed by atoms with E-state index in [2.05, 4.69) is 0 Å². The number of carboxylic acids is 1. The number of sulfone groups is 1. The van der Waals surface area contributed by atoms with Gasteiger partial charge in [-0.3, -0.25) is 0 Å². The van der Waals surface area contributed by atoms with E-state index in [9.17, 15) is 13.2 Å². The second kappa shape index (κ2) is 4.02. The van der Waals surface area contributed by atoms with Crippen LogP contribution in [-0.4, -0.2) is 25.2 Å². The van der Waals surface area contributed by atoms with Gasteiger partial charge in [-0.15, -0.1) is 0 Å². The number of hydrogen-bond donors (Lipinski definition) is 1. The van der Waals surface area contributed by atoms with Gasteiger partial charge in [0.15, 0.2) is 9.84 Å². The number of carboxylic acid groups (broad SMARTS) is 1. The summed E-state index contributed by atoms with van der Waals surface area (Å²) in [4.78, 5) is 10.8. The normalized spacial score (nSPS) is 11.3. The summed E-state index contributed by atoms with van der Waals surface area (Å²) < 4.78 is 23.1. The lowest BCUT2D eigenvalue weighted by molar-refractivity contribution is 0.0692. The molecule has 0 unspecified atom stereocenters. The van der Waals surface area contributed by atoms with Gasteiger partial charge in [0.1, 0.15) is 0 Å². The van der Waals surface area contributed by atoms with Gasteiger partial charge in [0, 0.05) is 0 Å². The van der Waals surface area contributed by atoms with Crippen LogP contribution in [0, 0.1) is 6.92 Å². The molecule has 1 aromatic carbocycles. The molecule has 82 valence electrons. The molecule has 0 fully saturated rings. The maximum Gasteiger partial charge on any atom is 0.337 e. The average molecular weight is 228 g/mol. The molecule has 0 aromatic heterocycles. The molecule has 5 heteroatoms. The highest BCUT2D eigenvalue weighted by Crippen LogP contribution is 2.18. The largest absolute Gasteiger partial charge is 0.478 e. The molecule has 0 aliphatic heterocycles. The van der Waals surface area contributed by atoms with E-state index in [0.717, 1.165) is 5.56 Å². The fraction of sp³-hybridized carbons (Fsp3) is 0.300. The van der Waals surface area contributed by atoms with E-state index < -0.39 is 15.8 Å². The van der Waals surface area contributed by atoms with Crippen molar-refractivity contribution >= 4 is 15.8 Å². The molecule has 4 nitrogen and oxygen atoms in total. The predicted octanol–water partition coefficient (Wildman–Crippen LogP) is 1.49. The Morgan fingerprint density at radius 1 is 1.40 bits per heavy atom. The fourth-order valence-electron chi connectivity index (χ4n) is 1.24. The van der Waals surface area contributed by atoms with Crippen molar-refractivity contribution in [1.82, 2.24) is 0 Å². The summed E-state index contributed by atoms with van der Waals surface area (Å²) in [5.74, 6) is -1.32. The third-order valence-corrected chi connectivity index (χ3v) is 3.87. The van der Waals surface area contributed by atoms with E-state index in [1.807, 2.05) is 0 Å². The Bertz CT molecular complexity index is 488. The number of hydrogen-bond acceptors (Lipinski definition) is 3. The number of benzene rings is 1. The van der Waals surface area contributed by atoms with Crippen molar-refractivity contribution in [3.8, 4) is 0 Å². The zero-order valence-corrected chi connectivity index (χ0v) is 9.34. The van der Waals surface area contributed by atoms with E-state index in [0.29, 0.717) is 0 Å². The van der Waals surface area contributed by atoms with Gasteiger partial charge in [-0.05, 0) is 19.1 Å². The highest BCUT2D eigenvalue weighted by Gasteiger charge is 2.20. The van der Waals surface area contributed by atoms with Crippen LogP contribution < -0.4 is 0 Å². The predicted molar refractivity (Wildman–Crippen MR) is 55.9 cm³/mol. The van der Waals surface area contributed by atoms with Crippen LogP contribution in [0.25, 0.3) is 0 Å². The monoisotopic (exact) mass is 228 g/mol. The van der Waals surface area contributed by atoms with Crippen molar-refractivity contribution in [2.45, 2.75) is 18.7 Å². The molecule has 0 atom stereocenters. The van der Waals surface area contributed by atoms with Crippen molar-refractivity contribution in [2.75, 3.05) is 5.75 Å². The first-order chi connectivity index (χ1) is 6.88. The minimum Gasteiger partial charge on any atom is -0.478 e. The Morgan fingerprint density at radius 3 is 2.47 bits per heavy atom. The lowest BCUT2D eigenvalue weighted by Gasteiger charge is -2.06. The first kappa shape index (κ1) is 11.7. The molecule has 0 saturated carbocycles. The minimum absolute atomic E-state index is 0.101. The summed E-state index contributed by atoms with van der Waals surface area (Å²) >= 11 is 0. The van der Waals surface area contributed by atoms with Gasteiger partial charge in [-0.25, -0.2) is 13.2 Å². The highest BCUT2D eigenvalue weighted by molar-refractivity contribution is 7.91. The van der Waals surface area contributed by atoms with Crippen molar-refractivity contribution < 1.29 is 18.3 Å². The summed E-state index contributed by atoms with van der Waals surface area (Å²) in [6.07, 6.45) is 0. The summed E-state index contributed by atoms with van der Waals surface area (Å²) in [5, 5.41) is 8.88. The van der Waals surface area contributed by atoms with E-state index in [-0.39, 0.29) is 16.2 Å². The Balaban J connectivity index is 3.49. The molecular weight excluding hydrogens is 216 g/mol. The van der Waals surface area contributed by atoms with Crippen LogP contribution in [0.3, 0.4) is 0 Å². The molecule has 0 bridgehead atoms.